The van der Waals surface area contributed by atoms with E-state index in [9.17, 15) is 27.6 Å². The van der Waals surface area contributed by atoms with Crippen LogP contribution in [0.5, 0.6) is 0 Å². The summed E-state index contributed by atoms with van der Waals surface area (Å²) in [6, 6.07) is 10.2. The number of halogens is 3. The lowest BCUT2D eigenvalue weighted by Crippen LogP contribution is -2.19. The quantitative estimate of drug-likeness (QED) is 0.500. The van der Waals surface area contributed by atoms with E-state index in [2.05, 4.69) is 20.6 Å². The number of hydrogen-bond acceptors (Lipinski definition) is 4. The number of rotatable bonds is 6. The van der Waals surface area contributed by atoms with Gasteiger partial charge in [-0.25, -0.2) is 4.98 Å². The highest BCUT2D eigenvalue weighted by Gasteiger charge is 2.34. The summed E-state index contributed by atoms with van der Waals surface area (Å²) < 4.78 is 39.3. The van der Waals surface area contributed by atoms with E-state index in [-0.39, 0.29) is 29.3 Å². The van der Waals surface area contributed by atoms with E-state index in [4.69, 9.17) is 0 Å². The molecule has 0 aliphatic heterocycles. The van der Waals surface area contributed by atoms with Crippen molar-refractivity contribution < 1.29 is 27.6 Å². The van der Waals surface area contributed by atoms with Crippen LogP contribution in [0.1, 0.15) is 50.2 Å². The van der Waals surface area contributed by atoms with Crippen molar-refractivity contribution in [3.05, 3.63) is 77.4 Å². The Kier molecular flexibility index (Phi) is 6.19. The molecule has 0 atom stereocenters. The van der Waals surface area contributed by atoms with Gasteiger partial charge in [-0.05, 0) is 36.4 Å². The molecule has 0 radical (unpaired) electrons. The molecule has 0 saturated heterocycles. The van der Waals surface area contributed by atoms with Crippen molar-refractivity contribution in [1.29, 1.82) is 0 Å². The molecular formula is C21H17F3N4O3. The zero-order chi connectivity index (χ0) is 22.6. The summed E-state index contributed by atoms with van der Waals surface area (Å²) in [6.07, 6.45) is -3.22. The van der Waals surface area contributed by atoms with Gasteiger partial charge in [-0.1, -0.05) is 19.1 Å². The summed E-state index contributed by atoms with van der Waals surface area (Å²) in [7, 11) is 0. The molecule has 7 nitrogen and oxygen atoms in total. The molecule has 31 heavy (non-hydrogen) atoms. The first-order valence-corrected chi connectivity index (χ1v) is 9.16. The number of benzene rings is 2. The van der Waals surface area contributed by atoms with Crippen molar-refractivity contribution in [2.75, 3.05) is 10.6 Å². The average molecular weight is 430 g/mol. The zero-order valence-corrected chi connectivity index (χ0v) is 16.2. The Labute approximate surface area is 174 Å². The fraction of sp³-hybridized carbons (Fsp3) is 0.143. The topological polar surface area (TPSA) is 104 Å². The molecule has 3 N–H and O–H groups in total. The Balaban J connectivity index is 1.70. The molecule has 1 heterocycles. The maximum atomic E-state index is 13.1. The van der Waals surface area contributed by atoms with E-state index in [0.717, 1.165) is 12.1 Å². The number of imidazole rings is 1. The van der Waals surface area contributed by atoms with Gasteiger partial charge in [0.05, 0.1) is 17.5 Å². The van der Waals surface area contributed by atoms with Gasteiger partial charge in [0.25, 0.3) is 11.8 Å². The summed E-state index contributed by atoms with van der Waals surface area (Å²) in [6.45, 7) is 1.65. The normalized spacial score (nSPS) is 11.1. The van der Waals surface area contributed by atoms with Crippen LogP contribution >= 0.6 is 0 Å². The number of ketones is 1. The van der Waals surface area contributed by atoms with Crippen LogP contribution in [-0.2, 0) is 6.18 Å². The standard InChI is InChI=1S/C21H17F3N4O3/c1-2-16(29)17-18(26-11-25-17)20(31)28-13-9-7-12(8-10-13)27-19(30)14-5-3-4-6-15(14)21(22,23)24/h3-11H,2H2,1H3,(H,25,26)(H,27,30)(H,28,31). The third-order valence-corrected chi connectivity index (χ3v) is 4.33. The van der Waals surface area contributed by atoms with Crippen molar-refractivity contribution in [3.8, 4) is 0 Å². The molecule has 1 aromatic heterocycles. The van der Waals surface area contributed by atoms with Gasteiger partial charge in [0.15, 0.2) is 5.78 Å². The summed E-state index contributed by atoms with van der Waals surface area (Å²) in [5.74, 6) is -1.78. The number of nitrogens with one attached hydrogen (secondary N) is 3. The molecule has 2 amide bonds. The van der Waals surface area contributed by atoms with E-state index in [1.807, 2.05) is 0 Å². The first-order valence-electron chi connectivity index (χ1n) is 9.16. The molecule has 0 bridgehead atoms. The summed E-state index contributed by atoms with van der Waals surface area (Å²) in [5, 5.41) is 4.98. The Morgan fingerprint density at radius 3 is 2.10 bits per heavy atom. The Morgan fingerprint density at radius 1 is 0.935 bits per heavy atom. The number of amides is 2. The van der Waals surface area contributed by atoms with Crippen LogP contribution in [0.2, 0.25) is 0 Å². The number of carbonyl (C=O) groups excluding carboxylic acids is 3. The fourth-order valence-electron chi connectivity index (χ4n) is 2.80. The van der Waals surface area contributed by atoms with Gasteiger partial charge in [-0.2, -0.15) is 13.2 Å². The number of hydrogen-bond donors (Lipinski definition) is 3. The SMILES string of the molecule is CCC(=O)c1nc[nH]c1C(=O)Nc1ccc(NC(=O)c2ccccc2C(F)(F)F)cc1. The minimum Gasteiger partial charge on any atom is -0.340 e. The minimum absolute atomic E-state index is 0.0213. The Hall–Kier alpha value is -3.95. The van der Waals surface area contributed by atoms with Crippen LogP contribution < -0.4 is 10.6 Å². The Morgan fingerprint density at radius 2 is 1.52 bits per heavy atom. The number of aromatic amines is 1. The lowest BCUT2D eigenvalue weighted by molar-refractivity contribution is -0.137. The van der Waals surface area contributed by atoms with Gasteiger partial charge in [0.1, 0.15) is 11.4 Å². The lowest BCUT2D eigenvalue weighted by atomic mass is 10.1. The second-order valence-corrected chi connectivity index (χ2v) is 6.43. The smallest absolute Gasteiger partial charge is 0.340 e. The van der Waals surface area contributed by atoms with Crippen molar-refractivity contribution >= 4 is 29.0 Å². The second-order valence-electron chi connectivity index (χ2n) is 6.43. The van der Waals surface area contributed by atoms with E-state index in [1.165, 1.54) is 42.7 Å². The number of aromatic nitrogens is 2. The molecule has 3 aromatic rings. The van der Waals surface area contributed by atoms with Crippen LogP contribution in [0.25, 0.3) is 0 Å². The maximum Gasteiger partial charge on any atom is 0.417 e. The van der Waals surface area contributed by atoms with E-state index < -0.39 is 29.1 Å². The molecule has 160 valence electrons. The van der Waals surface area contributed by atoms with Crippen LogP contribution in [0.3, 0.4) is 0 Å². The number of alkyl halides is 3. The molecule has 0 saturated carbocycles. The van der Waals surface area contributed by atoms with Gasteiger partial charge < -0.3 is 15.6 Å². The number of nitrogens with zero attached hydrogens (tertiary/aromatic N) is 1. The second kappa shape index (κ2) is 8.82. The summed E-state index contributed by atoms with van der Waals surface area (Å²) in [4.78, 5) is 43.0. The molecule has 0 aliphatic rings. The molecule has 0 fully saturated rings. The first-order chi connectivity index (χ1) is 14.7. The predicted octanol–water partition coefficient (Wildman–Crippen LogP) is 4.53. The highest BCUT2D eigenvalue weighted by Crippen LogP contribution is 2.32. The molecule has 10 heteroatoms. The highest BCUT2D eigenvalue weighted by molar-refractivity contribution is 6.10. The average Bonchev–Trinajstić information content (AvgIpc) is 3.24. The van der Waals surface area contributed by atoms with Crippen LogP contribution in [-0.4, -0.2) is 27.6 Å². The largest absolute Gasteiger partial charge is 0.417 e. The predicted molar refractivity (Wildman–Crippen MR) is 107 cm³/mol. The van der Waals surface area contributed by atoms with Gasteiger partial charge in [-0.3, -0.25) is 14.4 Å². The van der Waals surface area contributed by atoms with Gasteiger partial charge in [0, 0.05) is 17.8 Å². The van der Waals surface area contributed by atoms with Crippen LogP contribution in [0.4, 0.5) is 24.5 Å². The Bertz CT molecular complexity index is 1120. The number of H-pyrrole nitrogens is 1. The van der Waals surface area contributed by atoms with Crippen LogP contribution in [0, 0.1) is 0 Å². The van der Waals surface area contributed by atoms with Gasteiger partial charge >= 0.3 is 6.18 Å². The first kappa shape index (κ1) is 21.8. The maximum absolute atomic E-state index is 13.1. The van der Waals surface area contributed by atoms with Crippen molar-refractivity contribution in [2.45, 2.75) is 19.5 Å². The zero-order valence-electron chi connectivity index (χ0n) is 16.2. The van der Waals surface area contributed by atoms with Gasteiger partial charge in [0.2, 0.25) is 0 Å². The molecule has 0 spiro atoms. The molecule has 3 rings (SSSR count). The van der Waals surface area contributed by atoms with E-state index >= 15 is 0 Å². The molecule has 2 aromatic carbocycles. The van der Waals surface area contributed by atoms with Crippen molar-refractivity contribution in [3.63, 3.8) is 0 Å². The third-order valence-electron chi connectivity index (χ3n) is 4.33. The summed E-state index contributed by atoms with van der Waals surface area (Å²) in [5.41, 5.74) is -0.889. The molecule has 0 aliphatic carbocycles. The lowest BCUT2D eigenvalue weighted by Gasteiger charge is -2.13. The van der Waals surface area contributed by atoms with Crippen LogP contribution in [0.15, 0.2) is 54.9 Å². The molecular weight excluding hydrogens is 413 g/mol. The monoisotopic (exact) mass is 430 g/mol. The number of anilines is 2. The summed E-state index contributed by atoms with van der Waals surface area (Å²) >= 11 is 0. The van der Waals surface area contributed by atoms with Gasteiger partial charge in [-0.15, -0.1) is 0 Å². The number of Topliss-reactive ketones (excluding diaryl/α,β-unsaturated/α-hetero) is 1. The molecule has 0 unspecified atom stereocenters. The van der Waals surface area contributed by atoms with Crippen molar-refractivity contribution in [2.24, 2.45) is 0 Å². The highest BCUT2D eigenvalue weighted by atomic mass is 19.4. The minimum atomic E-state index is -4.66. The third kappa shape index (κ3) is 4.97. The number of carbonyl (C=O) groups is 3. The fourth-order valence-corrected chi connectivity index (χ4v) is 2.80. The van der Waals surface area contributed by atoms with Crippen molar-refractivity contribution in [1.82, 2.24) is 9.97 Å². The van der Waals surface area contributed by atoms with E-state index in [1.54, 1.807) is 6.92 Å². The van der Waals surface area contributed by atoms with E-state index in [0.29, 0.717) is 5.69 Å².